The van der Waals surface area contributed by atoms with Gasteiger partial charge in [0.1, 0.15) is 5.78 Å². The van der Waals surface area contributed by atoms with Gasteiger partial charge in [0.15, 0.2) is 0 Å². The van der Waals surface area contributed by atoms with Crippen molar-refractivity contribution >= 4 is 5.78 Å². The summed E-state index contributed by atoms with van der Waals surface area (Å²) in [6.07, 6.45) is 11.7. The molecule has 0 radical (unpaired) electrons. The number of aliphatic hydroxyl groups is 1. The molecule has 4 rings (SSSR count). The molecule has 0 aromatic carbocycles. The highest BCUT2D eigenvalue weighted by Crippen LogP contribution is 2.64. The highest BCUT2D eigenvalue weighted by Gasteiger charge is 2.58. The lowest BCUT2D eigenvalue weighted by molar-refractivity contribution is -0.146. The summed E-state index contributed by atoms with van der Waals surface area (Å²) in [6, 6.07) is 0. The van der Waals surface area contributed by atoms with Gasteiger partial charge >= 0.3 is 0 Å². The molecule has 24 heavy (non-hydrogen) atoms. The molecule has 2 nitrogen and oxygen atoms in total. The van der Waals surface area contributed by atoms with E-state index < -0.39 is 5.60 Å². The van der Waals surface area contributed by atoms with Crippen LogP contribution in [-0.2, 0) is 4.79 Å². The summed E-state index contributed by atoms with van der Waals surface area (Å²) >= 11 is 0. The Morgan fingerprint density at radius 1 is 1.08 bits per heavy atom. The van der Waals surface area contributed by atoms with Crippen LogP contribution in [0.15, 0.2) is 0 Å². The lowest BCUT2D eigenvalue weighted by Gasteiger charge is -2.58. The predicted octanol–water partition coefficient (Wildman–Crippen LogP) is 4.99. The Hall–Kier alpha value is -0.370. The highest BCUT2D eigenvalue weighted by atomic mass is 16.3. The first-order valence-electron chi connectivity index (χ1n) is 10.6. The maximum Gasteiger partial charge on any atom is 0.136 e. The fourth-order valence-electron chi connectivity index (χ4n) is 7.74. The molecule has 8 atom stereocenters. The van der Waals surface area contributed by atoms with Crippen LogP contribution in [0.4, 0.5) is 0 Å². The van der Waals surface area contributed by atoms with E-state index in [0.717, 1.165) is 37.0 Å². The van der Waals surface area contributed by atoms with Crippen LogP contribution in [0, 0.1) is 40.9 Å². The summed E-state index contributed by atoms with van der Waals surface area (Å²) in [4.78, 5) is 12.9. The fourth-order valence-corrected chi connectivity index (χ4v) is 7.74. The van der Waals surface area contributed by atoms with Gasteiger partial charge in [-0.1, -0.05) is 20.3 Å². The molecular weight excluding hydrogens is 296 g/mol. The molecule has 0 aliphatic heterocycles. The van der Waals surface area contributed by atoms with Crippen molar-refractivity contribution in [3.8, 4) is 0 Å². The number of Topliss-reactive ketones (excluding diaryl/α,β-unsaturated/α-hetero) is 1. The molecule has 4 saturated carbocycles. The molecule has 0 aromatic rings. The largest absolute Gasteiger partial charge is 0.390 e. The zero-order chi connectivity index (χ0) is 17.1. The molecule has 4 fully saturated rings. The van der Waals surface area contributed by atoms with Crippen molar-refractivity contribution in [2.45, 2.75) is 90.6 Å². The maximum atomic E-state index is 12.9. The molecule has 4 aliphatic rings. The zero-order valence-electron chi connectivity index (χ0n) is 15.9. The van der Waals surface area contributed by atoms with Crippen LogP contribution in [0.3, 0.4) is 0 Å². The van der Waals surface area contributed by atoms with Gasteiger partial charge in [0.2, 0.25) is 0 Å². The molecule has 0 heterocycles. The van der Waals surface area contributed by atoms with Gasteiger partial charge in [0.25, 0.3) is 0 Å². The number of fused-ring (bicyclic) bond motifs is 5. The minimum absolute atomic E-state index is 0.290. The van der Waals surface area contributed by atoms with Gasteiger partial charge < -0.3 is 5.11 Å². The summed E-state index contributed by atoms with van der Waals surface area (Å²) < 4.78 is 0. The Balaban J connectivity index is 1.67. The van der Waals surface area contributed by atoms with Crippen LogP contribution in [0.5, 0.6) is 0 Å². The minimum atomic E-state index is -0.496. The number of carbonyl (C=O) groups excluding carboxylic acids is 1. The SMILES string of the molecule is CCC(=O)C1C[C@@H]2C[C@](C)(O)CC[C@@H]2[C@H]2CC[C@]3(C)CCC[C@H]3[C@H]12. The summed E-state index contributed by atoms with van der Waals surface area (Å²) in [7, 11) is 0. The van der Waals surface area contributed by atoms with Crippen LogP contribution in [-0.4, -0.2) is 16.5 Å². The van der Waals surface area contributed by atoms with Crippen molar-refractivity contribution in [3.63, 3.8) is 0 Å². The Morgan fingerprint density at radius 2 is 1.83 bits per heavy atom. The van der Waals surface area contributed by atoms with Crippen LogP contribution in [0.2, 0.25) is 0 Å². The van der Waals surface area contributed by atoms with Crippen LogP contribution < -0.4 is 0 Å². The average molecular weight is 333 g/mol. The molecule has 0 bridgehead atoms. The van der Waals surface area contributed by atoms with E-state index in [2.05, 4.69) is 13.8 Å². The number of hydrogen-bond acceptors (Lipinski definition) is 2. The maximum absolute atomic E-state index is 12.9. The van der Waals surface area contributed by atoms with E-state index in [0.29, 0.717) is 29.5 Å². The molecule has 4 aliphatic carbocycles. The van der Waals surface area contributed by atoms with Crippen LogP contribution >= 0.6 is 0 Å². The van der Waals surface area contributed by atoms with E-state index >= 15 is 0 Å². The van der Waals surface area contributed by atoms with E-state index in [-0.39, 0.29) is 5.92 Å². The quantitative estimate of drug-likeness (QED) is 0.774. The Bertz CT molecular complexity index is 510. The third-order valence-corrected chi connectivity index (χ3v) is 8.82. The third-order valence-electron chi connectivity index (χ3n) is 8.82. The lowest BCUT2D eigenvalue weighted by atomic mass is 9.46. The van der Waals surface area contributed by atoms with Gasteiger partial charge in [-0.15, -0.1) is 0 Å². The number of rotatable bonds is 2. The molecule has 0 spiro atoms. The van der Waals surface area contributed by atoms with Crippen LogP contribution in [0.25, 0.3) is 0 Å². The first-order valence-corrected chi connectivity index (χ1v) is 10.6. The standard InChI is InChI=1S/C22H36O2/c1-4-19(23)17-12-14-13-22(3,24)11-8-15(14)16-7-10-21(2)9-5-6-18(21)20(16)17/h14-18,20,24H,4-13H2,1-3H3/t14-,15+,16-,17?,18+,20+,21+,22-/m1/s1. The first-order chi connectivity index (χ1) is 11.3. The molecule has 0 aromatic heterocycles. The molecule has 1 unspecified atom stereocenters. The third kappa shape index (κ3) is 2.59. The van der Waals surface area contributed by atoms with Crippen molar-refractivity contribution < 1.29 is 9.90 Å². The van der Waals surface area contributed by atoms with E-state index in [1.54, 1.807) is 0 Å². The molecule has 136 valence electrons. The normalized spacial score (nSPS) is 53.8. The number of ketones is 1. The van der Waals surface area contributed by atoms with Crippen molar-refractivity contribution in [1.82, 2.24) is 0 Å². The van der Waals surface area contributed by atoms with Crippen molar-refractivity contribution in [2.75, 3.05) is 0 Å². The van der Waals surface area contributed by atoms with Gasteiger partial charge in [-0.2, -0.15) is 0 Å². The Morgan fingerprint density at radius 3 is 2.58 bits per heavy atom. The second-order valence-corrected chi connectivity index (χ2v) is 10.3. The van der Waals surface area contributed by atoms with Gasteiger partial charge in [-0.3, -0.25) is 4.79 Å². The predicted molar refractivity (Wildman–Crippen MR) is 96.5 cm³/mol. The number of carbonyl (C=O) groups is 1. The zero-order valence-corrected chi connectivity index (χ0v) is 15.9. The summed E-state index contributed by atoms with van der Waals surface area (Å²) in [6.45, 7) is 6.59. The monoisotopic (exact) mass is 332 g/mol. The molecule has 2 heteroatoms. The molecule has 0 saturated heterocycles. The fraction of sp³-hybridized carbons (Fsp3) is 0.955. The summed E-state index contributed by atoms with van der Waals surface area (Å²) in [5.74, 6) is 4.38. The van der Waals surface area contributed by atoms with Gasteiger partial charge in [-0.25, -0.2) is 0 Å². The van der Waals surface area contributed by atoms with Crippen LogP contribution in [0.1, 0.15) is 85.0 Å². The van der Waals surface area contributed by atoms with Gasteiger partial charge in [0, 0.05) is 12.3 Å². The van der Waals surface area contributed by atoms with Gasteiger partial charge in [-0.05, 0) is 93.3 Å². The van der Waals surface area contributed by atoms with E-state index in [1.807, 2.05) is 6.92 Å². The summed E-state index contributed by atoms with van der Waals surface area (Å²) in [5, 5.41) is 10.6. The Labute approximate surface area is 147 Å². The Kier molecular flexibility index (Phi) is 4.14. The molecule has 1 N–H and O–H groups in total. The second kappa shape index (κ2) is 5.83. The number of hydrogen-bond donors (Lipinski definition) is 1. The van der Waals surface area contributed by atoms with Crippen molar-refractivity contribution in [1.29, 1.82) is 0 Å². The van der Waals surface area contributed by atoms with E-state index in [4.69, 9.17) is 0 Å². The smallest absolute Gasteiger partial charge is 0.136 e. The van der Waals surface area contributed by atoms with E-state index in [1.165, 1.54) is 38.5 Å². The van der Waals surface area contributed by atoms with Gasteiger partial charge in [0.05, 0.1) is 5.60 Å². The minimum Gasteiger partial charge on any atom is -0.390 e. The van der Waals surface area contributed by atoms with Crippen molar-refractivity contribution in [2.24, 2.45) is 40.9 Å². The second-order valence-electron chi connectivity index (χ2n) is 10.3. The summed E-state index contributed by atoms with van der Waals surface area (Å²) in [5.41, 5.74) is 0.0186. The van der Waals surface area contributed by atoms with Crippen molar-refractivity contribution in [3.05, 3.63) is 0 Å². The molecule has 0 amide bonds. The topological polar surface area (TPSA) is 37.3 Å². The average Bonchev–Trinajstić information content (AvgIpc) is 2.93. The molecular formula is C22H36O2. The first kappa shape index (κ1) is 17.1. The lowest BCUT2D eigenvalue weighted by Crippen LogP contribution is -2.54. The highest BCUT2D eigenvalue weighted by molar-refractivity contribution is 5.81. The van der Waals surface area contributed by atoms with E-state index in [9.17, 15) is 9.90 Å².